The average molecular weight is 294 g/mol. The second kappa shape index (κ2) is 9.15. The summed E-state index contributed by atoms with van der Waals surface area (Å²) in [5.74, 6) is -0.618. The number of carbonyl (C=O) groups is 1. The predicted octanol–water partition coefficient (Wildman–Crippen LogP) is 2.15. The Morgan fingerprint density at radius 1 is 1.33 bits per heavy atom. The molecule has 0 heterocycles. The van der Waals surface area contributed by atoms with Crippen LogP contribution in [0.3, 0.4) is 0 Å². The summed E-state index contributed by atoms with van der Waals surface area (Å²) >= 11 is 0. The third kappa shape index (κ3) is 5.57. The van der Waals surface area contributed by atoms with Crippen molar-refractivity contribution >= 4 is 5.97 Å². The fourth-order valence-electron chi connectivity index (χ4n) is 2.06. The highest BCUT2D eigenvalue weighted by Gasteiger charge is 2.21. The van der Waals surface area contributed by atoms with Crippen molar-refractivity contribution in [2.75, 3.05) is 13.7 Å². The first-order valence-corrected chi connectivity index (χ1v) is 6.88. The average Bonchev–Trinajstić information content (AvgIpc) is 2.50. The molecule has 5 heteroatoms. The molecule has 0 aliphatic rings. The van der Waals surface area contributed by atoms with E-state index >= 15 is 0 Å². The van der Waals surface area contributed by atoms with Gasteiger partial charge in [-0.15, -0.1) is 0 Å². The van der Waals surface area contributed by atoms with Crippen molar-refractivity contribution in [2.24, 2.45) is 5.92 Å². The number of carboxylic acids is 1. The van der Waals surface area contributed by atoms with Crippen LogP contribution in [0.2, 0.25) is 0 Å². The molecule has 0 saturated heterocycles. The maximum absolute atomic E-state index is 10.4. The Morgan fingerprint density at radius 3 is 2.67 bits per heavy atom. The van der Waals surface area contributed by atoms with Crippen molar-refractivity contribution in [1.29, 1.82) is 0 Å². The number of benzene rings is 1. The Bertz CT molecular complexity index is 469. The Hall–Kier alpha value is -1.85. The fraction of sp³-hybridized carbons (Fsp3) is 0.438. The van der Waals surface area contributed by atoms with Gasteiger partial charge in [-0.3, -0.25) is 4.79 Å². The Balaban J connectivity index is 2.64. The lowest BCUT2D eigenvalue weighted by molar-refractivity contribution is -0.136. The first kappa shape index (κ1) is 17.2. The number of hydrogen-bond donors (Lipinski definition) is 3. The highest BCUT2D eigenvalue weighted by atomic mass is 16.5. The lowest BCUT2D eigenvalue weighted by atomic mass is 9.92. The van der Waals surface area contributed by atoms with Gasteiger partial charge in [0.15, 0.2) is 0 Å². The largest absolute Gasteiger partial charge is 0.496 e. The number of ether oxygens (including phenoxy) is 1. The molecule has 3 N–H and O–H groups in total. The van der Waals surface area contributed by atoms with E-state index in [0.29, 0.717) is 24.2 Å². The van der Waals surface area contributed by atoms with E-state index < -0.39 is 12.1 Å². The second-order valence-electron chi connectivity index (χ2n) is 4.77. The summed E-state index contributed by atoms with van der Waals surface area (Å²) in [6.45, 7) is -0.164. The summed E-state index contributed by atoms with van der Waals surface area (Å²) in [6.07, 6.45) is 3.70. The third-order valence-corrected chi connectivity index (χ3v) is 3.27. The van der Waals surface area contributed by atoms with Gasteiger partial charge in [-0.05, 0) is 18.9 Å². The van der Waals surface area contributed by atoms with E-state index in [0.717, 1.165) is 0 Å². The van der Waals surface area contributed by atoms with Gasteiger partial charge in [0.1, 0.15) is 5.75 Å². The van der Waals surface area contributed by atoms with E-state index in [1.165, 1.54) is 7.11 Å². The minimum absolute atomic E-state index is 0.0787. The van der Waals surface area contributed by atoms with Crippen molar-refractivity contribution in [1.82, 2.24) is 0 Å². The molecule has 0 spiro atoms. The van der Waals surface area contributed by atoms with Gasteiger partial charge in [0.25, 0.3) is 0 Å². The Labute approximate surface area is 124 Å². The van der Waals surface area contributed by atoms with Gasteiger partial charge in [0.2, 0.25) is 0 Å². The van der Waals surface area contributed by atoms with Crippen LogP contribution in [0.5, 0.6) is 5.75 Å². The van der Waals surface area contributed by atoms with Crippen LogP contribution in [0.15, 0.2) is 36.4 Å². The SMILES string of the molecule is COc1ccccc1C(O)C(CO)CC=CCCC(=O)O. The highest BCUT2D eigenvalue weighted by molar-refractivity contribution is 5.66. The van der Waals surface area contributed by atoms with Crippen LogP contribution in [0.25, 0.3) is 0 Å². The topological polar surface area (TPSA) is 87.0 Å². The van der Waals surface area contributed by atoms with Crippen LogP contribution in [0, 0.1) is 5.92 Å². The van der Waals surface area contributed by atoms with Gasteiger partial charge in [0.05, 0.1) is 13.2 Å². The summed E-state index contributed by atoms with van der Waals surface area (Å²) in [4.78, 5) is 10.4. The number of methoxy groups -OCH3 is 1. The van der Waals surface area contributed by atoms with Crippen molar-refractivity contribution in [2.45, 2.75) is 25.4 Å². The molecule has 1 aromatic carbocycles. The number of aliphatic hydroxyl groups excluding tert-OH is 2. The normalized spacial score (nSPS) is 14.0. The lowest BCUT2D eigenvalue weighted by Gasteiger charge is -2.21. The van der Waals surface area contributed by atoms with Crippen LogP contribution in [0.4, 0.5) is 0 Å². The molecule has 0 aromatic heterocycles. The Kier molecular flexibility index (Phi) is 7.50. The molecular weight excluding hydrogens is 272 g/mol. The third-order valence-electron chi connectivity index (χ3n) is 3.27. The molecule has 0 saturated carbocycles. The summed E-state index contributed by atoms with van der Waals surface area (Å²) in [7, 11) is 1.53. The van der Waals surface area contributed by atoms with Crippen LogP contribution >= 0.6 is 0 Å². The monoisotopic (exact) mass is 294 g/mol. The van der Waals surface area contributed by atoms with Gasteiger partial charge in [-0.2, -0.15) is 0 Å². The van der Waals surface area contributed by atoms with E-state index in [-0.39, 0.29) is 18.9 Å². The summed E-state index contributed by atoms with van der Waals surface area (Å²) < 4.78 is 5.21. The van der Waals surface area contributed by atoms with Crippen molar-refractivity contribution in [3.63, 3.8) is 0 Å². The molecule has 116 valence electrons. The molecule has 0 aliphatic heterocycles. The van der Waals surface area contributed by atoms with Gasteiger partial charge in [-0.25, -0.2) is 0 Å². The van der Waals surface area contributed by atoms with E-state index in [9.17, 15) is 15.0 Å². The number of para-hydroxylation sites is 1. The van der Waals surface area contributed by atoms with E-state index in [1.807, 2.05) is 6.07 Å². The predicted molar refractivity (Wildman–Crippen MR) is 79.2 cm³/mol. The van der Waals surface area contributed by atoms with Crippen molar-refractivity contribution in [3.05, 3.63) is 42.0 Å². The first-order valence-electron chi connectivity index (χ1n) is 6.88. The zero-order chi connectivity index (χ0) is 15.7. The van der Waals surface area contributed by atoms with Crippen molar-refractivity contribution in [3.8, 4) is 5.75 Å². The fourth-order valence-corrected chi connectivity index (χ4v) is 2.06. The molecular formula is C16H22O5. The van der Waals surface area contributed by atoms with Gasteiger partial charge < -0.3 is 20.1 Å². The van der Waals surface area contributed by atoms with Gasteiger partial charge in [-0.1, -0.05) is 30.4 Å². The minimum atomic E-state index is -0.840. The van der Waals surface area contributed by atoms with Crippen molar-refractivity contribution < 1.29 is 24.9 Å². The quantitative estimate of drug-likeness (QED) is 0.607. The number of hydrogen-bond acceptors (Lipinski definition) is 4. The first-order chi connectivity index (χ1) is 10.1. The van der Waals surface area contributed by atoms with E-state index in [2.05, 4.69) is 0 Å². The molecule has 1 rings (SSSR count). The zero-order valence-corrected chi connectivity index (χ0v) is 12.1. The summed E-state index contributed by atoms with van der Waals surface area (Å²) in [5.41, 5.74) is 0.637. The molecule has 1 aromatic rings. The van der Waals surface area contributed by atoms with E-state index in [1.54, 1.807) is 30.4 Å². The van der Waals surface area contributed by atoms with Crippen LogP contribution in [-0.2, 0) is 4.79 Å². The number of aliphatic carboxylic acids is 1. The van der Waals surface area contributed by atoms with Gasteiger partial charge in [0, 0.05) is 24.5 Å². The summed E-state index contributed by atoms with van der Waals surface area (Å²) in [6, 6.07) is 7.14. The van der Waals surface area contributed by atoms with E-state index in [4.69, 9.17) is 9.84 Å². The molecule has 0 bridgehead atoms. The molecule has 0 fully saturated rings. The Morgan fingerprint density at radius 2 is 2.05 bits per heavy atom. The standard InChI is InChI=1S/C16H22O5/c1-21-14-9-6-5-8-13(14)16(20)12(11-17)7-3-2-4-10-15(18)19/h2-3,5-6,8-9,12,16-17,20H,4,7,10-11H2,1H3,(H,18,19). The highest BCUT2D eigenvalue weighted by Crippen LogP contribution is 2.31. The maximum Gasteiger partial charge on any atom is 0.303 e. The molecule has 5 nitrogen and oxygen atoms in total. The molecule has 0 aliphatic carbocycles. The summed E-state index contributed by atoms with van der Waals surface area (Å²) in [5, 5.41) is 28.3. The lowest BCUT2D eigenvalue weighted by Crippen LogP contribution is -2.16. The molecule has 2 atom stereocenters. The number of aliphatic hydroxyl groups is 2. The second-order valence-corrected chi connectivity index (χ2v) is 4.77. The van der Waals surface area contributed by atoms with Crippen LogP contribution < -0.4 is 4.74 Å². The minimum Gasteiger partial charge on any atom is -0.496 e. The molecule has 21 heavy (non-hydrogen) atoms. The molecule has 2 unspecified atom stereocenters. The van der Waals surface area contributed by atoms with Crippen LogP contribution in [-0.4, -0.2) is 35.0 Å². The smallest absolute Gasteiger partial charge is 0.303 e. The molecule has 0 amide bonds. The van der Waals surface area contributed by atoms with Crippen LogP contribution in [0.1, 0.15) is 30.9 Å². The number of carboxylic acid groups (broad SMARTS) is 1. The maximum atomic E-state index is 10.4. The number of allylic oxidation sites excluding steroid dienone is 2. The molecule has 0 radical (unpaired) electrons. The number of rotatable bonds is 9. The van der Waals surface area contributed by atoms with Gasteiger partial charge >= 0.3 is 5.97 Å². The zero-order valence-electron chi connectivity index (χ0n) is 12.1.